The maximum atomic E-state index is 12.6. The summed E-state index contributed by atoms with van der Waals surface area (Å²) in [5.41, 5.74) is -1.79. The highest BCUT2D eigenvalue weighted by molar-refractivity contribution is 5.77. The Morgan fingerprint density at radius 3 is 2.31 bits per heavy atom. The minimum atomic E-state index is -4.31. The molecule has 1 N–H and O–H groups in total. The molecular weight excluding hydrogens is 232 g/mol. The number of hydrogen-bond acceptors (Lipinski definition) is 2. The maximum Gasteiger partial charge on any atom is 0.335 e. The molecule has 0 aromatic heterocycles. The average Bonchev–Trinajstić information content (AvgIpc) is 2.97. The zero-order valence-corrected chi connectivity index (χ0v) is 8.55. The van der Waals surface area contributed by atoms with E-state index in [-0.39, 0.29) is 5.92 Å². The standard InChI is InChI=1S/C9H12F4O3/c1-8(7(14)15,5-2-3-5)16-4-9(12,13)6(10)11/h5-6H,2-4H2,1H3,(H,14,15). The van der Waals surface area contributed by atoms with Crippen molar-refractivity contribution in [2.45, 2.75) is 37.7 Å². The van der Waals surface area contributed by atoms with Crippen molar-refractivity contribution >= 4 is 5.97 Å². The van der Waals surface area contributed by atoms with E-state index >= 15 is 0 Å². The van der Waals surface area contributed by atoms with E-state index in [0.29, 0.717) is 12.8 Å². The van der Waals surface area contributed by atoms with Gasteiger partial charge in [-0.15, -0.1) is 0 Å². The Bertz CT molecular complexity index is 278. The number of ether oxygens (including phenoxy) is 1. The predicted molar refractivity (Wildman–Crippen MR) is 45.7 cm³/mol. The van der Waals surface area contributed by atoms with Crippen LogP contribution in [0.3, 0.4) is 0 Å². The second-order valence-electron chi connectivity index (χ2n) is 4.04. The van der Waals surface area contributed by atoms with Gasteiger partial charge in [-0.2, -0.15) is 8.78 Å². The monoisotopic (exact) mass is 244 g/mol. The number of carboxylic acids is 1. The predicted octanol–water partition coefficient (Wildman–Crippen LogP) is 2.16. The van der Waals surface area contributed by atoms with Crippen LogP contribution in [0.2, 0.25) is 0 Å². The average molecular weight is 244 g/mol. The van der Waals surface area contributed by atoms with Crippen LogP contribution in [0.4, 0.5) is 17.6 Å². The summed E-state index contributed by atoms with van der Waals surface area (Å²) in [5.74, 6) is -6.09. The van der Waals surface area contributed by atoms with Crippen molar-refractivity contribution in [1.29, 1.82) is 0 Å². The Labute approximate surface area is 89.4 Å². The number of alkyl halides is 4. The molecule has 1 atom stereocenters. The van der Waals surface area contributed by atoms with E-state index < -0.39 is 30.5 Å². The summed E-state index contributed by atoms with van der Waals surface area (Å²) in [5, 5.41) is 8.82. The second-order valence-corrected chi connectivity index (χ2v) is 4.04. The molecule has 3 nitrogen and oxygen atoms in total. The first kappa shape index (κ1) is 13.2. The molecule has 1 unspecified atom stereocenters. The molecule has 1 fully saturated rings. The fourth-order valence-electron chi connectivity index (χ4n) is 1.30. The van der Waals surface area contributed by atoms with Crippen molar-refractivity contribution in [2.75, 3.05) is 6.61 Å². The normalized spacial score (nSPS) is 20.9. The zero-order chi connectivity index (χ0) is 12.6. The van der Waals surface area contributed by atoms with E-state index in [9.17, 15) is 22.4 Å². The lowest BCUT2D eigenvalue weighted by molar-refractivity contribution is -0.206. The van der Waals surface area contributed by atoms with Crippen LogP contribution in [0.5, 0.6) is 0 Å². The van der Waals surface area contributed by atoms with Gasteiger partial charge in [-0.3, -0.25) is 0 Å². The summed E-state index contributed by atoms with van der Waals surface area (Å²) >= 11 is 0. The van der Waals surface area contributed by atoms with E-state index in [1.54, 1.807) is 0 Å². The number of rotatable bonds is 6. The first-order valence-electron chi connectivity index (χ1n) is 4.73. The van der Waals surface area contributed by atoms with E-state index in [1.807, 2.05) is 0 Å². The van der Waals surface area contributed by atoms with Crippen LogP contribution in [0.25, 0.3) is 0 Å². The van der Waals surface area contributed by atoms with Crippen molar-refractivity contribution in [3.8, 4) is 0 Å². The molecule has 16 heavy (non-hydrogen) atoms. The summed E-state index contributed by atoms with van der Waals surface area (Å²) in [6, 6.07) is 0. The van der Waals surface area contributed by atoms with Crippen molar-refractivity contribution in [2.24, 2.45) is 5.92 Å². The first-order valence-corrected chi connectivity index (χ1v) is 4.73. The summed E-state index contributed by atoms with van der Waals surface area (Å²) in [4.78, 5) is 10.8. The molecule has 0 spiro atoms. The molecule has 0 radical (unpaired) electrons. The van der Waals surface area contributed by atoms with Gasteiger partial charge in [0.05, 0.1) is 0 Å². The number of aliphatic carboxylic acids is 1. The first-order chi connectivity index (χ1) is 7.20. The number of halogens is 4. The van der Waals surface area contributed by atoms with Crippen LogP contribution >= 0.6 is 0 Å². The fraction of sp³-hybridized carbons (Fsp3) is 0.889. The zero-order valence-electron chi connectivity index (χ0n) is 8.55. The quantitative estimate of drug-likeness (QED) is 0.728. The third kappa shape index (κ3) is 2.63. The number of hydrogen-bond donors (Lipinski definition) is 1. The Morgan fingerprint density at radius 1 is 1.50 bits per heavy atom. The van der Waals surface area contributed by atoms with Crippen LogP contribution in [-0.4, -0.2) is 35.6 Å². The lowest BCUT2D eigenvalue weighted by Gasteiger charge is -2.27. The molecule has 1 aliphatic carbocycles. The molecule has 94 valence electrons. The molecule has 0 aromatic carbocycles. The van der Waals surface area contributed by atoms with Gasteiger partial charge in [-0.1, -0.05) is 0 Å². The Kier molecular flexibility index (Phi) is 3.47. The smallest absolute Gasteiger partial charge is 0.335 e. The lowest BCUT2D eigenvalue weighted by atomic mass is 10.0. The van der Waals surface area contributed by atoms with E-state index in [1.165, 1.54) is 0 Å². The summed E-state index contributed by atoms with van der Waals surface area (Å²) in [7, 11) is 0. The molecule has 0 aliphatic heterocycles. The van der Waals surface area contributed by atoms with E-state index in [4.69, 9.17) is 5.11 Å². The third-order valence-corrected chi connectivity index (χ3v) is 2.66. The van der Waals surface area contributed by atoms with Crippen LogP contribution in [0, 0.1) is 5.92 Å². The van der Waals surface area contributed by atoms with Crippen molar-refractivity contribution in [1.82, 2.24) is 0 Å². The maximum absolute atomic E-state index is 12.6. The van der Waals surface area contributed by atoms with Gasteiger partial charge >= 0.3 is 18.3 Å². The van der Waals surface area contributed by atoms with E-state index in [2.05, 4.69) is 4.74 Å². The van der Waals surface area contributed by atoms with Crippen molar-refractivity contribution < 1.29 is 32.2 Å². The van der Waals surface area contributed by atoms with Crippen LogP contribution in [0.1, 0.15) is 19.8 Å². The molecular formula is C9H12F4O3. The lowest BCUT2D eigenvalue weighted by Crippen LogP contribution is -2.45. The van der Waals surface area contributed by atoms with Gasteiger partial charge in [0.2, 0.25) is 0 Å². The highest BCUT2D eigenvalue weighted by Gasteiger charge is 2.51. The molecule has 7 heteroatoms. The molecule has 0 bridgehead atoms. The second kappa shape index (κ2) is 4.20. The summed E-state index contributed by atoms with van der Waals surface area (Å²) < 4.78 is 53.3. The van der Waals surface area contributed by atoms with Crippen LogP contribution in [0.15, 0.2) is 0 Å². The number of carbonyl (C=O) groups is 1. The summed E-state index contributed by atoms with van der Waals surface area (Å²) in [6.45, 7) is -0.446. The minimum Gasteiger partial charge on any atom is -0.479 e. The van der Waals surface area contributed by atoms with Crippen molar-refractivity contribution in [3.05, 3.63) is 0 Å². The van der Waals surface area contributed by atoms with Crippen LogP contribution < -0.4 is 0 Å². The minimum absolute atomic E-state index is 0.376. The van der Waals surface area contributed by atoms with Gasteiger partial charge in [-0.05, 0) is 25.7 Å². The largest absolute Gasteiger partial charge is 0.479 e. The van der Waals surface area contributed by atoms with E-state index in [0.717, 1.165) is 6.92 Å². The molecule has 1 aliphatic rings. The Morgan fingerprint density at radius 2 is 2.00 bits per heavy atom. The molecule has 0 heterocycles. The van der Waals surface area contributed by atoms with Crippen molar-refractivity contribution in [3.63, 3.8) is 0 Å². The van der Waals surface area contributed by atoms with Gasteiger partial charge in [-0.25, -0.2) is 13.6 Å². The molecule has 0 aromatic rings. The number of carboxylic acid groups (broad SMARTS) is 1. The summed E-state index contributed by atoms with van der Waals surface area (Å²) in [6.07, 6.45) is -2.77. The SMILES string of the molecule is CC(OCC(F)(F)C(F)F)(C(=O)O)C1CC1. The van der Waals surface area contributed by atoms with Crippen LogP contribution in [-0.2, 0) is 9.53 Å². The Hall–Kier alpha value is -0.850. The van der Waals surface area contributed by atoms with Gasteiger partial charge in [0, 0.05) is 0 Å². The highest BCUT2D eigenvalue weighted by Crippen LogP contribution is 2.42. The molecule has 1 saturated carbocycles. The third-order valence-electron chi connectivity index (χ3n) is 2.66. The molecule has 1 rings (SSSR count). The van der Waals surface area contributed by atoms with Gasteiger partial charge < -0.3 is 9.84 Å². The fourth-order valence-corrected chi connectivity index (χ4v) is 1.30. The Balaban J connectivity index is 2.61. The van der Waals surface area contributed by atoms with Gasteiger partial charge in [0.15, 0.2) is 5.60 Å². The molecule has 0 saturated heterocycles. The molecule has 0 amide bonds. The van der Waals surface area contributed by atoms with Gasteiger partial charge in [0.1, 0.15) is 6.61 Å². The topological polar surface area (TPSA) is 46.5 Å². The highest BCUT2D eigenvalue weighted by atomic mass is 19.3. The van der Waals surface area contributed by atoms with Gasteiger partial charge in [0.25, 0.3) is 0 Å².